The number of amides is 3. The van der Waals surface area contributed by atoms with E-state index in [1.54, 1.807) is 18.9 Å². The maximum absolute atomic E-state index is 13.4. The summed E-state index contributed by atoms with van der Waals surface area (Å²) >= 11 is 0. The van der Waals surface area contributed by atoms with Gasteiger partial charge in [-0.1, -0.05) is 42.7 Å². The van der Waals surface area contributed by atoms with E-state index in [4.69, 9.17) is 0 Å². The van der Waals surface area contributed by atoms with Crippen molar-refractivity contribution in [3.8, 4) is 0 Å². The van der Waals surface area contributed by atoms with Gasteiger partial charge < -0.3 is 20.9 Å². The van der Waals surface area contributed by atoms with Crippen molar-refractivity contribution in [1.29, 1.82) is 0 Å². The number of hydrogen-bond acceptors (Lipinski definition) is 4. The summed E-state index contributed by atoms with van der Waals surface area (Å²) in [6.45, 7) is 4.24. The summed E-state index contributed by atoms with van der Waals surface area (Å²) in [6.07, 6.45) is 4.94. The molecule has 4 atom stereocenters. The molecule has 1 aromatic rings. The summed E-state index contributed by atoms with van der Waals surface area (Å²) in [7, 11) is 1.72. The molecule has 1 aromatic carbocycles. The van der Waals surface area contributed by atoms with Gasteiger partial charge in [-0.2, -0.15) is 0 Å². The second-order valence-corrected chi connectivity index (χ2v) is 8.56. The van der Waals surface area contributed by atoms with E-state index in [0.717, 1.165) is 36.8 Å². The van der Waals surface area contributed by atoms with Crippen LogP contribution in [-0.4, -0.2) is 53.8 Å². The van der Waals surface area contributed by atoms with Gasteiger partial charge in [-0.15, -0.1) is 0 Å². The minimum Gasteiger partial charge on any atom is -0.350 e. The standard InChI is InChI=1S/C23H34N4O3/c1-15-7-6-8-17(13-15)14-25-22(29)20-12-11-18-9-4-5-10-19(23(30)27(18)20)26-21(28)16(2)24-3/h6-8,13,16,18-20,24H,4-5,9-12,14H2,1-3H3,(H,25,29)(H,26,28)/t16-,18-,19-,20-/m0/s1. The van der Waals surface area contributed by atoms with Crippen molar-refractivity contribution in [3.05, 3.63) is 35.4 Å². The number of rotatable bonds is 6. The lowest BCUT2D eigenvalue weighted by Crippen LogP contribution is -2.57. The molecule has 3 amide bonds. The van der Waals surface area contributed by atoms with E-state index in [-0.39, 0.29) is 29.8 Å². The maximum atomic E-state index is 13.4. The first-order valence-electron chi connectivity index (χ1n) is 11.0. The van der Waals surface area contributed by atoms with E-state index < -0.39 is 12.1 Å². The number of benzene rings is 1. The molecule has 0 radical (unpaired) electrons. The summed E-state index contributed by atoms with van der Waals surface area (Å²) in [5.41, 5.74) is 2.19. The molecule has 2 saturated heterocycles. The lowest BCUT2D eigenvalue weighted by atomic mass is 9.98. The Labute approximate surface area is 179 Å². The highest BCUT2D eigenvalue weighted by Gasteiger charge is 2.43. The van der Waals surface area contributed by atoms with Crippen molar-refractivity contribution in [1.82, 2.24) is 20.9 Å². The average molecular weight is 415 g/mol. The molecular formula is C23H34N4O3. The van der Waals surface area contributed by atoms with E-state index in [9.17, 15) is 14.4 Å². The summed E-state index contributed by atoms with van der Waals surface area (Å²) in [5, 5.41) is 8.82. The summed E-state index contributed by atoms with van der Waals surface area (Å²) in [5.74, 6) is -0.418. The van der Waals surface area contributed by atoms with E-state index >= 15 is 0 Å². The van der Waals surface area contributed by atoms with Crippen LogP contribution in [0.25, 0.3) is 0 Å². The fourth-order valence-corrected chi connectivity index (χ4v) is 4.48. The number of hydrogen-bond donors (Lipinski definition) is 3. The highest BCUT2D eigenvalue weighted by atomic mass is 16.2. The van der Waals surface area contributed by atoms with Crippen molar-refractivity contribution in [2.24, 2.45) is 0 Å². The lowest BCUT2D eigenvalue weighted by Gasteiger charge is -2.35. The third-order valence-corrected chi connectivity index (χ3v) is 6.33. The van der Waals surface area contributed by atoms with E-state index in [1.807, 2.05) is 31.2 Å². The van der Waals surface area contributed by atoms with Crippen molar-refractivity contribution < 1.29 is 14.4 Å². The zero-order valence-electron chi connectivity index (χ0n) is 18.2. The lowest BCUT2D eigenvalue weighted by molar-refractivity contribution is -0.144. The summed E-state index contributed by atoms with van der Waals surface area (Å²) in [4.78, 5) is 40.5. The van der Waals surface area contributed by atoms with Gasteiger partial charge in [0.05, 0.1) is 6.04 Å². The third kappa shape index (κ3) is 5.19. The Bertz CT molecular complexity index is 781. The zero-order valence-corrected chi connectivity index (χ0v) is 18.2. The Balaban J connectivity index is 1.69. The Morgan fingerprint density at radius 3 is 2.67 bits per heavy atom. The number of carbonyl (C=O) groups is 3. The predicted molar refractivity (Wildman–Crippen MR) is 116 cm³/mol. The molecule has 0 spiro atoms. The SMILES string of the molecule is CN[C@@H](C)C(=O)N[C@H]1CCCC[C@H]2CC[C@@H](C(=O)NCc3cccc(C)c3)N2C1=O. The van der Waals surface area contributed by atoms with E-state index in [0.29, 0.717) is 19.4 Å². The molecule has 2 aliphatic rings. The molecule has 3 rings (SSSR count). The van der Waals surface area contributed by atoms with Crippen molar-refractivity contribution >= 4 is 17.7 Å². The minimum absolute atomic E-state index is 0.0774. The summed E-state index contributed by atoms with van der Waals surface area (Å²) < 4.78 is 0. The van der Waals surface area contributed by atoms with Crippen LogP contribution in [0.1, 0.15) is 56.6 Å². The molecule has 7 heteroatoms. The second-order valence-electron chi connectivity index (χ2n) is 8.56. The average Bonchev–Trinajstić information content (AvgIpc) is 3.15. The van der Waals surface area contributed by atoms with Gasteiger partial charge in [0.2, 0.25) is 17.7 Å². The maximum Gasteiger partial charge on any atom is 0.246 e. The largest absolute Gasteiger partial charge is 0.350 e. The van der Waals surface area contributed by atoms with Crippen LogP contribution in [0.3, 0.4) is 0 Å². The van der Waals surface area contributed by atoms with E-state index in [1.165, 1.54) is 0 Å². The Morgan fingerprint density at radius 1 is 1.17 bits per heavy atom. The first-order valence-corrected chi connectivity index (χ1v) is 11.0. The number of aryl methyl sites for hydroxylation is 1. The molecule has 2 aliphatic heterocycles. The first-order chi connectivity index (χ1) is 14.4. The molecule has 0 aromatic heterocycles. The zero-order chi connectivity index (χ0) is 21.7. The Kier molecular flexibility index (Phi) is 7.48. The van der Waals surface area contributed by atoms with Gasteiger partial charge in [0.15, 0.2) is 0 Å². The van der Waals surface area contributed by atoms with Crippen molar-refractivity contribution in [2.75, 3.05) is 7.05 Å². The van der Waals surface area contributed by atoms with E-state index in [2.05, 4.69) is 16.0 Å². The highest BCUT2D eigenvalue weighted by molar-refractivity contribution is 5.93. The van der Waals surface area contributed by atoms with Crippen LogP contribution < -0.4 is 16.0 Å². The first kappa shape index (κ1) is 22.3. The summed E-state index contributed by atoms with van der Waals surface area (Å²) in [6, 6.07) is 6.71. The monoisotopic (exact) mass is 414 g/mol. The Hall–Kier alpha value is -2.41. The molecule has 0 saturated carbocycles. The van der Waals surface area contributed by atoms with Crippen LogP contribution >= 0.6 is 0 Å². The molecule has 164 valence electrons. The minimum atomic E-state index is -0.568. The molecule has 0 bridgehead atoms. The molecule has 2 fully saturated rings. The Morgan fingerprint density at radius 2 is 1.93 bits per heavy atom. The fourth-order valence-electron chi connectivity index (χ4n) is 4.48. The van der Waals surface area contributed by atoms with Gasteiger partial charge in [-0.3, -0.25) is 14.4 Å². The topological polar surface area (TPSA) is 90.5 Å². The smallest absolute Gasteiger partial charge is 0.246 e. The number of nitrogens with one attached hydrogen (secondary N) is 3. The van der Waals surface area contributed by atoms with Crippen LogP contribution in [0.4, 0.5) is 0 Å². The normalized spacial score (nSPS) is 25.1. The van der Waals surface area contributed by atoms with Gasteiger partial charge in [-0.25, -0.2) is 0 Å². The molecule has 7 nitrogen and oxygen atoms in total. The quantitative estimate of drug-likeness (QED) is 0.660. The molecule has 30 heavy (non-hydrogen) atoms. The van der Waals surface area contributed by atoms with Gasteiger partial charge in [0, 0.05) is 12.6 Å². The van der Waals surface area contributed by atoms with Crippen molar-refractivity contribution in [3.63, 3.8) is 0 Å². The van der Waals surface area contributed by atoms with Gasteiger partial charge in [0.25, 0.3) is 0 Å². The number of nitrogens with zero attached hydrogens (tertiary/aromatic N) is 1. The van der Waals surface area contributed by atoms with Crippen molar-refractivity contribution in [2.45, 2.75) is 83.1 Å². The van der Waals surface area contributed by atoms with Gasteiger partial charge in [-0.05, 0) is 52.1 Å². The molecular weight excluding hydrogens is 380 g/mol. The van der Waals surface area contributed by atoms with Crippen LogP contribution in [0.5, 0.6) is 0 Å². The number of carbonyl (C=O) groups excluding carboxylic acids is 3. The third-order valence-electron chi connectivity index (χ3n) is 6.33. The molecule has 2 heterocycles. The molecule has 0 unspecified atom stereocenters. The fraction of sp³-hybridized carbons (Fsp3) is 0.609. The molecule has 0 aliphatic carbocycles. The van der Waals surface area contributed by atoms with Gasteiger partial charge >= 0.3 is 0 Å². The van der Waals surface area contributed by atoms with Crippen LogP contribution in [0, 0.1) is 6.92 Å². The predicted octanol–water partition coefficient (Wildman–Crippen LogP) is 1.64. The highest BCUT2D eigenvalue weighted by Crippen LogP contribution is 2.31. The van der Waals surface area contributed by atoms with Crippen LogP contribution in [0.15, 0.2) is 24.3 Å². The van der Waals surface area contributed by atoms with Crippen LogP contribution in [0.2, 0.25) is 0 Å². The number of fused-ring (bicyclic) bond motifs is 1. The second kappa shape index (κ2) is 10.1. The molecule has 3 N–H and O–H groups in total. The number of likely N-dealkylation sites (N-methyl/N-ethyl adjacent to an activating group) is 1. The van der Waals surface area contributed by atoms with Crippen LogP contribution in [-0.2, 0) is 20.9 Å². The van der Waals surface area contributed by atoms with Gasteiger partial charge in [0.1, 0.15) is 12.1 Å².